The minimum Gasteiger partial charge on any atom is -0.495 e. The third-order valence-corrected chi connectivity index (χ3v) is 7.94. The van der Waals surface area contributed by atoms with Crippen LogP contribution in [0.15, 0.2) is 46.7 Å². The first-order valence-electron chi connectivity index (χ1n) is 9.75. The normalized spacial score (nSPS) is 14.8. The molecule has 0 aliphatic carbocycles. The number of nitrogens with one attached hydrogen (secondary N) is 1. The molecule has 0 saturated carbocycles. The van der Waals surface area contributed by atoms with Gasteiger partial charge in [-0.05, 0) is 12.1 Å². The average molecular weight is 496 g/mol. The number of morpholine rings is 1. The maximum absolute atomic E-state index is 12.8. The smallest absolute Gasteiger partial charge is 0.243 e. The first kappa shape index (κ1) is 22.8. The second-order valence-corrected chi connectivity index (χ2v) is 10.1. The minimum atomic E-state index is -3.53. The zero-order valence-electron chi connectivity index (χ0n) is 17.5. The summed E-state index contributed by atoms with van der Waals surface area (Å²) in [7, 11) is -0.426. The standard InChI is InChI=1S/C21H22ClN3O5S2/c1-28-19-12-17(20(29-2)11-16(19)22)23-21-24-18(13-31-21)14-3-5-15(6-4-14)32(26,27)25-7-9-30-10-8-25/h3-6,11-13H,7-10H2,1-2H3,(H,23,24). The molecular weight excluding hydrogens is 474 g/mol. The Bertz CT molecular complexity index is 1190. The number of sulfonamides is 1. The van der Waals surface area contributed by atoms with Crippen LogP contribution in [0.25, 0.3) is 11.3 Å². The van der Waals surface area contributed by atoms with Gasteiger partial charge in [0.05, 0.1) is 48.7 Å². The molecule has 1 N–H and O–H groups in total. The number of thiazole rings is 1. The number of rotatable bonds is 7. The predicted molar refractivity (Wildman–Crippen MR) is 125 cm³/mol. The molecule has 1 fully saturated rings. The lowest BCUT2D eigenvalue weighted by Crippen LogP contribution is -2.40. The fourth-order valence-electron chi connectivity index (χ4n) is 3.27. The van der Waals surface area contributed by atoms with Crippen LogP contribution in [0.3, 0.4) is 0 Å². The van der Waals surface area contributed by atoms with E-state index in [9.17, 15) is 8.42 Å². The number of aromatic nitrogens is 1. The Morgan fingerprint density at radius 3 is 2.44 bits per heavy atom. The zero-order valence-corrected chi connectivity index (χ0v) is 19.9. The number of hydrogen-bond acceptors (Lipinski definition) is 8. The van der Waals surface area contributed by atoms with Crippen LogP contribution >= 0.6 is 22.9 Å². The van der Waals surface area contributed by atoms with E-state index < -0.39 is 10.0 Å². The number of halogens is 1. The van der Waals surface area contributed by atoms with E-state index in [0.717, 1.165) is 11.3 Å². The summed E-state index contributed by atoms with van der Waals surface area (Å²) in [6, 6.07) is 10.2. The number of nitrogens with zero attached hydrogens (tertiary/aromatic N) is 2. The Kier molecular flexibility index (Phi) is 6.87. The van der Waals surface area contributed by atoms with Gasteiger partial charge in [0.25, 0.3) is 0 Å². The van der Waals surface area contributed by atoms with E-state index in [1.165, 1.54) is 15.6 Å². The van der Waals surface area contributed by atoms with Gasteiger partial charge in [-0.3, -0.25) is 0 Å². The van der Waals surface area contributed by atoms with Crippen molar-refractivity contribution in [3.8, 4) is 22.8 Å². The highest BCUT2D eigenvalue weighted by molar-refractivity contribution is 7.89. The van der Waals surface area contributed by atoms with Crippen LogP contribution < -0.4 is 14.8 Å². The van der Waals surface area contributed by atoms with Crippen LogP contribution in [0, 0.1) is 0 Å². The maximum Gasteiger partial charge on any atom is 0.243 e. The lowest BCUT2D eigenvalue weighted by molar-refractivity contribution is 0.0730. The van der Waals surface area contributed by atoms with E-state index in [2.05, 4.69) is 10.3 Å². The van der Waals surface area contributed by atoms with E-state index in [-0.39, 0.29) is 4.90 Å². The summed E-state index contributed by atoms with van der Waals surface area (Å²) < 4.78 is 42.9. The van der Waals surface area contributed by atoms with Gasteiger partial charge in [0.15, 0.2) is 5.13 Å². The molecule has 8 nitrogen and oxygen atoms in total. The topological polar surface area (TPSA) is 90.0 Å². The molecule has 32 heavy (non-hydrogen) atoms. The number of methoxy groups -OCH3 is 2. The molecule has 4 rings (SSSR count). The lowest BCUT2D eigenvalue weighted by Gasteiger charge is -2.26. The van der Waals surface area contributed by atoms with E-state index in [1.54, 1.807) is 50.6 Å². The highest BCUT2D eigenvalue weighted by Gasteiger charge is 2.26. The highest BCUT2D eigenvalue weighted by Crippen LogP contribution is 2.38. The zero-order chi connectivity index (χ0) is 22.7. The molecule has 1 aromatic heterocycles. The Labute approximate surface area is 195 Å². The van der Waals surface area contributed by atoms with Gasteiger partial charge in [0.2, 0.25) is 10.0 Å². The van der Waals surface area contributed by atoms with Crippen molar-refractivity contribution in [2.45, 2.75) is 4.90 Å². The molecule has 0 amide bonds. The van der Waals surface area contributed by atoms with Crippen molar-refractivity contribution >= 4 is 43.8 Å². The van der Waals surface area contributed by atoms with Gasteiger partial charge in [-0.25, -0.2) is 13.4 Å². The Hall–Kier alpha value is -2.37. The molecule has 1 aliphatic heterocycles. The van der Waals surface area contributed by atoms with Crippen molar-refractivity contribution in [1.29, 1.82) is 0 Å². The molecule has 1 aliphatic rings. The average Bonchev–Trinajstić information content (AvgIpc) is 3.29. The second kappa shape index (κ2) is 9.63. The van der Waals surface area contributed by atoms with Crippen LogP contribution in [-0.4, -0.2) is 58.2 Å². The van der Waals surface area contributed by atoms with E-state index in [4.69, 9.17) is 25.8 Å². The van der Waals surface area contributed by atoms with E-state index in [1.807, 2.05) is 5.38 Å². The van der Waals surface area contributed by atoms with Gasteiger partial charge < -0.3 is 19.5 Å². The summed E-state index contributed by atoms with van der Waals surface area (Å²) in [5, 5.41) is 6.21. The summed E-state index contributed by atoms with van der Waals surface area (Å²) in [6.07, 6.45) is 0. The summed E-state index contributed by atoms with van der Waals surface area (Å²) in [6.45, 7) is 1.56. The third kappa shape index (κ3) is 4.69. The van der Waals surface area contributed by atoms with Crippen molar-refractivity contribution in [3.63, 3.8) is 0 Å². The number of ether oxygens (including phenoxy) is 3. The van der Waals surface area contributed by atoms with Gasteiger partial charge in [0.1, 0.15) is 11.5 Å². The quantitative estimate of drug-likeness (QED) is 0.524. The predicted octanol–water partition coefficient (Wildman–Crippen LogP) is 4.25. The van der Waals surface area contributed by atoms with Gasteiger partial charge in [0, 0.05) is 36.2 Å². The lowest BCUT2D eigenvalue weighted by atomic mass is 10.2. The van der Waals surface area contributed by atoms with Crippen LogP contribution in [0.5, 0.6) is 11.5 Å². The summed E-state index contributed by atoms with van der Waals surface area (Å²) in [5.74, 6) is 1.08. The molecule has 0 radical (unpaired) electrons. The molecule has 1 saturated heterocycles. The molecule has 2 aromatic carbocycles. The third-order valence-electron chi connectivity index (χ3n) is 4.98. The molecule has 0 atom stereocenters. The summed E-state index contributed by atoms with van der Waals surface area (Å²) in [5.41, 5.74) is 2.21. The number of benzene rings is 2. The van der Waals surface area contributed by atoms with Crippen molar-refractivity contribution < 1.29 is 22.6 Å². The Morgan fingerprint density at radius 1 is 1.09 bits per heavy atom. The van der Waals surface area contributed by atoms with E-state index >= 15 is 0 Å². The largest absolute Gasteiger partial charge is 0.495 e. The molecule has 0 unspecified atom stereocenters. The van der Waals surface area contributed by atoms with Gasteiger partial charge in [-0.2, -0.15) is 4.31 Å². The summed E-state index contributed by atoms with van der Waals surface area (Å²) in [4.78, 5) is 4.87. The van der Waals surface area contributed by atoms with Crippen LogP contribution in [-0.2, 0) is 14.8 Å². The number of hydrogen-bond donors (Lipinski definition) is 1. The van der Waals surface area contributed by atoms with Crippen LogP contribution in [0.4, 0.5) is 10.8 Å². The van der Waals surface area contributed by atoms with Gasteiger partial charge in [-0.15, -0.1) is 11.3 Å². The Morgan fingerprint density at radius 2 is 1.78 bits per heavy atom. The first-order valence-corrected chi connectivity index (χ1v) is 12.4. The fourth-order valence-corrected chi connectivity index (χ4v) is 5.64. The molecule has 0 bridgehead atoms. The van der Waals surface area contributed by atoms with Crippen molar-refractivity contribution in [3.05, 3.63) is 46.8 Å². The molecule has 2 heterocycles. The molecule has 11 heteroatoms. The number of anilines is 2. The SMILES string of the molecule is COc1cc(Nc2nc(-c3ccc(S(=O)(=O)N4CCOCC4)cc3)cs2)c(OC)cc1Cl. The molecule has 3 aromatic rings. The molecular formula is C21H22ClN3O5S2. The van der Waals surface area contributed by atoms with Crippen LogP contribution in [0.1, 0.15) is 0 Å². The van der Waals surface area contributed by atoms with Crippen molar-refractivity contribution in [2.24, 2.45) is 0 Å². The van der Waals surface area contributed by atoms with Crippen LogP contribution in [0.2, 0.25) is 5.02 Å². The molecule has 170 valence electrons. The minimum absolute atomic E-state index is 0.259. The van der Waals surface area contributed by atoms with Gasteiger partial charge >= 0.3 is 0 Å². The summed E-state index contributed by atoms with van der Waals surface area (Å²) >= 11 is 7.58. The monoisotopic (exact) mass is 495 g/mol. The van der Waals surface area contributed by atoms with Gasteiger partial charge in [-0.1, -0.05) is 23.7 Å². The fraction of sp³-hybridized carbons (Fsp3) is 0.286. The highest BCUT2D eigenvalue weighted by atomic mass is 35.5. The first-order chi connectivity index (χ1) is 15.4. The molecule has 0 spiro atoms. The Balaban J connectivity index is 1.53. The second-order valence-electron chi connectivity index (χ2n) is 6.89. The van der Waals surface area contributed by atoms with Crippen molar-refractivity contribution in [2.75, 3.05) is 45.8 Å². The van der Waals surface area contributed by atoms with E-state index in [0.29, 0.717) is 53.6 Å². The maximum atomic E-state index is 12.8. The van der Waals surface area contributed by atoms with Crippen molar-refractivity contribution in [1.82, 2.24) is 9.29 Å².